The quantitative estimate of drug-likeness (QED) is 0.513. The van der Waals surface area contributed by atoms with E-state index in [1.807, 2.05) is 31.2 Å². The fraction of sp³-hybridized carbons (Fsp3) is 0.316. The zero-order chi connectivity index (χ0) is 19.6. The van der Waals surface area contributed by atoms with Gasteiger partial charge >= 0.3 is 5.97 Å². The Balaban J connectivity index is 2.17. The van der Waals surface area contributed by atoms with Gasteiger partial charge < -0.3 is 9.30 Å². The van der Waals surface area contributed by atoms with Crippen LogP contribution in [0.4, 0.5) is 5.69 Å². The van der Waals surface area contributed by atoms with Crippen LogP contribution in [0.25, 0.3) is 27.4 Å². The number of benzene rings is 1. The molecule has 8 nitrogen and oxygen atoms in total. The number of carbonyl (C=O) groups excluding carboxylic acids is 1. The van der Waals surface area contributed by atoms with E-state index in [2.05, 4.69) is 20.4 Å². The van der Waals surface area contributed by atoms with Crippen LogP contribution in [-0.2, 0) is 25.3 Å². The molecular weight excluding hydrogens is 344 g/mol. The average molecular weight is 364 g/mol. The second kappa shape index (κ2) is 7.41. The fourth-order valence-electron chi connectivity index (χ4n) is 3.21. The van der Waals surface area contributed by atoms with Crippen molar-refractivity contribution in [1.29, 1.82) is 0 Å². The normalized spacial score (nSPS) is 10.6. The van der Waals surface area contributed by atoms with Crippen molar-refractivity contribution < 1.29 is 9.53 Å². The van der Waals surface area contributed by atoms with Gasteiger partial charge in [0.2, 0.25) is 5.69 Å². The van der Waals surface area contributed by atoms with Crippen LogP contribution in [0.1, 0.15) is 30.0 Å². The molecule has 2 heterocycles. The van der Waals surface area contributed by atoms with Crippen molar-refractivity contribution in [2.75, 3.05) is 6.61 Å². The fourth-order valence-corrected chi connectivity index (χ4v) is 3.21. The zero-order valence-electron chi connectivity index (χ0n) is 15.7. The number of carbonyl (C=O) groups is 1. The van der Waals surface area contributed by atoms with Gasteiger partial charge in [-0.25, -0.2) is 14.3 Å². The Morgan fingerprint density at radius 1 is 1.19 bits per heavy atom. The largest absolute Gasteiger partial charge is 0.461 e. The predicted octanol–water partition coefficient (Wildman–Crippen LogP) is 3.17. The Bertz CT molecular complexity index is 1020. The van der Waals surface area contributed by atoms with Crippen molar-refractivity contribution in [1.82, 2.24) is 24.8 Å². The van der Waals surface area contributed by atoms with Crippen LogP contribution in [0.15, 0.2) is 24.3 Å². The van der Waals surface area contributed by atoms with Crippen molar-refractivity contribution in [2.24, 2.45) is 14.1 Å². The molecular formula is C19H20N6O2. The second-order valence-electron chi connectivity index (χ2n) is 5.97. The number of esters is 1. The van der Waals surface area contributed by atoms with Crippen LogP contribution in [0, 0.1) is 6.57 Å². The van der Waals surface area contributed by atoms with Gasteiger partial charge in [0, 0.05) is 30.9 Å². The molecule has 0 N–H and O–H groups in total. The van der Waals surface area contributed by atoms with Gasteiger partial charge in [-0.3, -0.25) is 0 Å². The molecule has 0 spiro atoms. The minimum absolute atomic E-state index is 0.274. The van der Waals surface area contributed by atoms with Crippen molar-refractivity contribution in [3.63, 3.8) is 0 Å². The molecule has 0 atom stereocenters. The van der Waals surface area contributed by atoms with Crippen molar-refractivity contribution in [3.8, 4) is 22.5 Å². The van der Waals surface area contributed by atoms with Crippen LogP contribution in [0.2, 0.25) is 0 Å². The standard InChI is InChI=1S/C19H20N6O2/c1-6-14-16(20-3)15(17(24(14)4)19(26)27-7-2)12-8-10-13(11-9-12)18-21-22-23-25(18)5/h8-11H,6-7H2,1-2,4-5H3. The Morgan fingerprint density at radius 2 is 1.85 bits per heavy atom. The lowest BCUT2D eigenvalue weighted by Gasteiger charge is -2.09. The first-order valence-corrected chi connectivity index (χ1v) is 8.62. The van der Waals surface area contributed by atoms with Gasteiger partial charge in [-0.15, -0.1) is 5.10 Å². The molecule has 0 aliphatic rings. The van der Waals surface area contributed by atoms with Gasteiger partial charge in [0.15, 0.2) is 5.82 Å². The van der Waals surface area contributed by atoms with Crippen molar-refractivity contribution in [2.45, 2.75) is 20.3 Å². The van der Waals surface area contributed by atoms with Gasteiger partial charge in [0.05, 0.1) is 13.2 Å². The minimum atomic E-state index is -0.429. The van der Waals surface area contributed by atoms with E-state index in [1.165, 1.54) is 0 Å². The summed E-state index contributed by atoms with van der Waals surface area (Å²) in [6.45, 7) is 11.6. The summed E-state index contributed by atoms with van der Waals surface area (Å²) < 4.78 is 8.58. The lowest BCUT2D eigenvalue weighted by Crippen LogP contribution is -2.12. The molecule has 0 bridgehead atoms. The third-order valence-electron chi connectivity index (χ3n) is 4.45. The molecule has 0 saturated carbocycles. The van der Waals surface area contributed by atoms with Crippen LogP contribution < -0.4 is 0 Å². The molecule has 0 aliphatic heterocycles. The van der Waals surface area contributed by atoms with Crippen LogP contribution >= 0.6 is 0 Å². The summed E-state index contributed by atoms with van der Waals surface area (Å²) in [4.78, 5) is 16.3. The predicted molar refractivity (Wildman–Crippen MR) is 100 cm³/mol. The average Bonchev–Trinajstić information content (AvgIpc) is 3.22. The summed E-state index contributed by atoms with van der Waals surface area (Å²) in [7, 11) is 3.56. The first-order chi connectivity index (χ1) is 13.0. The maximum atomic E-state index is 12.6. The highest BCUT2D eigenvalue weighted by atomic mass is 16.5. The number of nitrogens with zero attached hydrogens (tertiary/aromatic N) is 6. The Kier molecular flexibility index (Phi) is 5.03. The molecule has 0 radical (unpaired) electrons. The smallest absolute Gasteiger partial charge is 0.354 e. The van der Waals surface area contributed by atoms with Gasteiger partial charge in [-0.2, -0.15) is 0 Å². The molecule has 0 saturated heterocycles. The van der Waals surface area contributed by atoms with E-state index in [-0.39, 0.29) is 6.61 Å². The van der Waals surface area contributed by atoms with E-state index in [1.54, 1.807) is 30.3 Å². The maximum absolute atomic E-state index is 12.6. The summed E-state index contributed by atoms with van der Waals surface area (Å²) in [5, 5.41) is 11.5. The lowest BCUT2D eigenvalue weighted by atomic mass is 10.0. The van der Waals surface area contributed by atoms with Crippen LogP contribution in [0.5, 0.6) is 0 Å². The van der Waals surface area contributed by atoms with E-state index in [4.69, 9.17) is 11.3 Å². The van der Waals surface area contributed by atoms with E-state index >= 15 is 0 Å². The Labute approximate surface area is 157 Å². The Morgan fingerprint density at radius 3 is 2.37 bits per heavy atom. The SMILES string of the molecule is [C-]#[N+]c1c(-c2ccc(-c3nnnn3C)cc2)c(C(=O)OCC)n(C)c1CC. The van der Waals surface area contributed by atoms with Crippen molar-refractivity contribution >= 4 is 11.7 Å². The summed E-state index contributed by atoms with van der Waals surface area (Å²) in [5.41, 5.74) is 3.91. The third-order valence-corrected chi connectivity index (χ3v) is 4.45. The topological polar surface area (TPSA) is 79.2 Å². The molecule has 3 rings (SSSR count). The monoisotopic (exact) mass is 364 g/mol. The van der Waals surface area contributed by atoms with Gasteiger partial charge in [-0.1, -0.05) is 31.2 Å². The number of rotatable bonds is 5. The van der Waals surface area contributed by atoms with E-state index in [9.17, 15) is 4.79 Å². The molecule has 138 valence electrons. The highest BCUT2D eigenvalue weighted by Gasteiger charge is 2.26. The zero-order valence-corrected chi connectivity index (χ0v) is 15.7. The molecule has 0 amide bonds. The van der Waals surface area contributed by atoms with E-state index in [0.29, 0.717) is 29.2 Å². The maximum Gasteiger partial charge on any atom is 0.354 e. The van der Waals surface area contributed by atoms with Gasteiger partial charge in [-0.05, 0) is 29.3 Å². The number of tetrazole rings is 1. The Hall–Kier alpha value is -3.47. The lowest BCUT2D eigenvalue weighted by molar-refractivity contribution is 0.0516. The third kappa shape index (κ3) is 3.08. The van der Waals surface area contributed by atoms with Crippen LogP contribution in [0.3, 0.4) is 0 Å². The van der Waals surface area contributed by atoms with Gasteiger partial charge in [0.25, 0.3) is 0 Å². The molecule has 0 fully saturated rings. The summed E-state index contributed by atoms with van der Waals surface area (Å²) in [6, 6.07) is 7.50. The number of ether oxygens (including phenoxy) is 1. The van der Waals surface area contributed by atoms with Gasteiger partial charge in [0.1, 0.15) is 5.69 Å². The molecule has 1 aromatic carbocycles. The van der Waals surface area contributed by atoms with E-state index in [0.717, 1.165) is 16.8 Å². The van der Waals surface area contributed by atoms with E-state index < -0.39 is 5.97 Å². The first-order valence-electron chi connectivity index (χ1n) is 8.62. The number of aromatic nitrogens is 5. The molecule has 8 heteroatoms. The minimum Gasteiger partial charge on any atom is -0.461 e. The molecule has 3 aromatic rings. The molecule has 2 aromatic heterocycles. The molecule has 27 heavy (non-hydrogen) atoms. The number of aryl methyl sites for hydroxylation is 1. The number of hydrogen-bond donors (Lipinski definition) is 0. The summed E-state index contributed by atoms with van der Waals surface area (Å²) in [6.07, 6.45) is 0.642. The molecule has 0 unspecified atom stereocenters. The van der Waals surface area contributed by atoms with Crippen LogP contribution in [-0.4, -0.2) is 37.4 Å². The summed E-state index contributed by atoms with van der Waals surface area (Å²) >= 11 is 0. The number of hydrogen-bond acceptors (Lipinski definition) is 5. The highest BCUT2D eigenvalue weighted by molar-refractivity contribution is 6.01. The summed E-state index contributed by atoms with van der Waals surface area (Å²) in [5.74, 6) is 0.209. The highest BCUT2D eigenvalue weighted by Crippen LogP contribution is 2.40. The molecule has 0 aliphatic carbocycles. The van der Waals surface area contributed by atoms with Crippen molar-refractivity contribution in [3.05, 3.63) is 47.1 Å². The first kappa shape index (κ1) is 18.3. The second-order valence-corrected chi connectivity index (χ2v) is 5.97.